The highest BCUT2D eigenvalue weighted by Crippen LogP contribution is 2.25. The van der Waals surface area contributed by atoms with E-state index in [1.54, 1.807) is 6.07 Å². The highest BCUT2D eigenvalue weighted by Gasteiger charge is 2.25. The fourth-order valence-corrected chi connectivity index (χ4v) is 3.09. The zero-order chi connectivity index (χ0) is 14.8. The second kappa shape index (κ2) is 5.96. The van der Waals surface area contributed by atoms with Crippen LogP contribution in [-0.2, 0) is 19.5 Å². The maximum Gasteiger partial charge on any atom is 0.123 e. The van der Waals surface area contributed by atoms with Crippen molar-refractivity contribution >= 4 is 0 Å². The van der Waals surface area contributed by atoms with E-state index in [2.05, 4.69) is 29.2 Å². The molecule has 2 aromatic rings. The molecular weight excluding hydrogens is 263 g/mol. The monoisotopic (exact) mass is 284 g/mol. The van der Waals surface area contributed by atoms with E-state index in [0.717, 1.165) is 30.6 Å². The summed E-state index contributed by atoms with van der Waals surface area (Å²) in [5, 5.41) is 0. The Bertz CT molecular complexity index is 639. The topological polar surface area (TPSA) is 29.3 Å². The van der Waals surface area contributed by atoms with Crippen LogP contribution in [0.4, 0.5) is 4.39 Å². The van der Waals surface area contributed by atoms with Gasteiger partial charge in [-0.25, -0.2) is 4.39 Å². The highest BCUT2D eigenvalue weighted by atomic mass is 19.1. The van der Waals surface area contributed by atoms with Gasteiger partial charge >= 0.3 is 0 Å². The van der Waals surface area contributed by atoms with Crippen molar-refractivity contribution in [1.29, 1.82) is 0 Å². The van der Waals surface area contributed by atoms with Crippen LogP contribution in [0, 0.1) is 12.7 Å². The van der Waals surface area contributed by atoms with Gasteiger partial charge in [-0.1, -0.05) is 30.3 Å². The number of halogens is 1. The van der Waals surface area contributed by atoms with Gasteiger partial charge in [0.1, 0.15) is 5.82 Å². The fraction of sp³-hybridized carbons (Fsp3) is 0.333. The highest BCUT2D eigenvalue weighted by molar-refractivity contribution is 5.31. The lowest BCUT2D eigenvalue weighted by molar-refractivity contribution is 0.166. The lowest BCUT2D eigenvalue weighted by atomic mass is 9.93. The summed E-state index contributed by atoms with van der Waals surface area (Å²) in [5.74, 6) is -0.169. The molecule has 0 radical (unpaired) electrons. The zero-order valence-electron chi connectivity index (χ0n) is 12.3. The standard InChI is InChI=1S/C18H21FN2/c1-13-6-7-17(19)8-16(13)12-21-11-15-5-3-2-4-14(15)9-18(21)10-20/h2-8,18H,9-12,20H2,1H3. The summed E-state index contributed by atoms with van der Waals surface area (Å²) in [4.78, 5) is 2.37. The minimum atomic E-state index is -0.169. The van der Waals surface area contributed by atoms with Crippen LogP contribution < -0.4 is 5.73 Å². The van der Waals surface area contributed by atoms with Gasteiger partial charge in [0.2, 0.25) is 0 Å². The SMILES string of the molecule is Cc1ccc(F)cc1CN1Cc2ccccc2CC1CN. The maximum absolute atomic E-state index is 13.5. The normalized spacial score (nSPS) is 18.5. The summed E-state index contributed by atoms with van der Waals surface area (Å²) in [6, 6.07) is 13.8. The van der Waals surface area contributed by atoms with Gasteiger partial charge in [-0.15, -0.1) is 0 Å². The third-order valence-corrected chi connectivity index (χ3v) is 4.42. The molecule has 3 rings (SSSR count). The van der Waals surface area contributed by atoms with Crippen LogP contribution in [0.15, 0.2) is 42.5 Å². The Hall–Kier alpha value is -1.71. The number of fused-ring (bicyclic) bond motifs is 1. The summed E-state index contributed by atoms with van der Waals surface area (Å²) in [5.41, 5.74) is 10.9. The first-order valence-electron chi connectivity index (χ1n) is 7.43. The van der Waals surface area contributed by atoms with Crippen molar-refractivity contribution in [2.45, 2.75) is 32.5 Å². The van der Waals surface area contributed by atoms with Crippen LogP contribution in [0.3, 0.4) is 0 Å². The van der Waals surface area contributed by atoms with Crippen molar-refractivity contribution in [3.8, 4) is 0 Å². The van der Waals surface area contributed by atoms with Gasteiger partial charge in [0.25, 0.3) is 0 Å². The third kappa shape index (κ3) is 2.99. The molecule has 0 saturated heterocycles. The molecule has 1 aliphatic heterocycles. The van der Waals surface area contributed by atoms with E-state index >= 15 is 0 Å². The number of hydrogen-bond acceptors (Lipinski definition) is 2. The number of rotatable bonds is 3. The lowest BCUT2D eigenvalue weighted by Crippen LogP contribution is -2.44. The Labute approximate surface area is 125 Å². The molecule has 0 spiro atoms. The van der Waals surface area contributed by atoms with Crippen LogP contribution in [-0.4, -0.2) is 17.5 Å². The predicted molar refractivity (Wildman–Crippen MR) is 83.4 cm³/mol. The molecular formula is C18H21FN2. The average Bonchev–Trinajstić information content (AvgIpc) is 2.50. The first-order valence-corrected chi connectivity index (χ1v) is 7.43. The molecule has 2 aromatic carbocycles. The van der Waals surface area contributed by atoms with E-state index in [-0.39, 0.29) is 5.82 Å². The molecule has 1 aliphatic rings. The predicted octanol–water partition coefficient (Wildman–Crippen LogP) is 3.02. The Balaban J connectivity index is 1.86. The van der Waals surface area contributed by atoms with Crippen molar-refractivity contribution in [1.82, 2.24) is 4.90 Å². The second-order valence-electron chi connectivity index (χ2n) is 5.84. The number of hydrogen-bond donors (Lipinski definition) is 1. The van der Waals surface area contributed by atoms with Crippen molar-refractivity contribution in [3.05, 3.63) is 70.5 Å². The molecule has 21 heavy (non-hydrogen) atoms. The van der Waals surface area contributed by atoms with E-state index < -0.39 is 0 Å². The number of nitrogens with zero attached hydrogens (tertiary/aromatic N) is 1. The van der Waals surface area contributed by atoms with Gasteiger partial charge in [-0.05, 0) is 47.7 Å². The maximum atomic E-state index is 13.5. The molecule has 0 saturated carbocycles. The fourth-order valence-electron chi connectivity index (χ4n) is 3.09. The summed E-state index contributed by atoms with van der Waals surface area (Å²) in [6.45, 7) is 4.29. The summed E-state index contributed by atoms with van der Waals surface area (Å²) < 4.78 is 13.5. The molecule has 1 heterocycles. The molecule has 3 heteroatoms. The van der Waals surface area contributed by atoms with E-state index in [4.69, 9.17) is 5.73 Å². The molecule has 0 aliphatic carbocycles. The van der Waals surface area contributed by atoms with E-state index in [0.29, 0.717) is 12.6 Å². The van der Waals surface area contributed by atoms with Gasteiger partial charge in [0.15, 0.2) is 0 Å². The van der Waals surface area contributed by atoms with E-state index in [9.17, 15) is 4.39 Å². The van der Waals surface area contributed by atoms with Crippen LogP contribution in [0.25, 0.3) is 0 Å². The average molecular weight is 284 g/mol. The molecule has 0 amide bonds. The minimum absolute atomic E-state index is 0.169. The zero-order valence-corrected chi connectivity index (χ0v) is 12.3. The van der Waals surface area contributed by atoms with E-state index in [1.165, 1.54) is 17.2 Å². The molecule has 1 unspecified atom stereocenters. The molecule has 0 fully saturated rings. The Kier molecular flexibility index (Phi) is 4.04. The van der Waals surface area contributed by atoms with Gasteiger partial charge in [-0.2, -0.15) is 0 Å². The van der Waals surface area contributed by atoms with Crippen molar-refractivity contribution in [2.24, 2.45) is 5.73 Å². The first kappa shape index (κ1) is 14.2. The largest absolute Gasteiger partial charge is 0.329 e. The lowest BCUT2D eigenvalue weighted by Gasteiger charge is -2.36. The molecule has 0 aromatic heterocycles. The van der Waals surface area contributed by atoms with Gasteiger partial charge < -0.3 is 5.73 Å². The first-order chi connectivity index (χ1) is 10.2. The number of nitrogens with two attached hydrogens (primary N) is 1. The molecule has 0 bridgehead atoms. The minimum Gasteiger partial charge on any atom is -0.329 e. The second-order valence-corrected chi connectivity index (χ2v) is 5.84. The third-order valence-electron chi connectivity index (χ3n) is 4.42. The van der Waals surface area contributed by atoms with E-state index in [1.807, 2.05) is 13.0 Å². The molecule has 1 atom stereocenters. The van der Waals surface area contributed by atoms with Crippen LogP contribution in [0.5, 0.6) is 0 Å². The van der Waals surface area contributed by atoms with Crippen molar-refractivity contribution in [2.75, 3.05) is 6.54 Å². The number of aryl methyl sites for hydroxylation is 1. The van der Waals surface area contributed by atoms with Crippen molar-refractivity contribution in [3.63, 3.8) is 0 Å². The molecule has 2 N–H and O–H groups in total. The Morgan fingerprint density at radius 1 is 1.19 bits per heavy atom. The Morgan fingerprint density at radius 2 is 1.95 bits per heavy atom. The number of benzene rings is 2. The van der Waals surface area contributed by atoms with Crippen molar-refractivity contribution < 1.29 is 4.39 Å². The molecule has 2 nitrogen and oxygen atoms in total. The van der Waals surface area contributed by atoms with Crippen LogP contribution in [0.1, 0.15) is 22.3 Å². The quantitative estimate of drug-likeness (QED) is 0.938. The van der Waals surface area contributed by atoms with Crippen LogP contribution >= 0.6 is 0 Å². The van der Waals surface area contributed by atoms with Crippen LogP contribution in [0.2, 0.25) is 0 Å². The Morgan fingerprint density at radius 3 is 2.71 bits per heavy atom. The summed E-state index contributed by atoms with van der Waals surface area (Å²) in [7, 11) is 0. The van der Waals surface area contributed by atoms with Gasteiger partial charge in [0, 0.05) is 25.7 Å². The summed E-state index contributed by atoms with van der Waals surface area (Å²) in [6.07, 6.45) is 0.973. The van der Waals surface area contributed by atoms with Gasteiger partial charge in [0.05, 0.1) is 0 Å². The van der Waals surface area contributed by atoms with Gasteiger partial charge in [-0.3, -0.25) is 4.90 Å². The summed E-state index contributed by atoms with van der Waals surface area (Å²) >= 11 is 0. The molecule has 110 valence electrons. The smallest absolute Gasteiger partial charge is 0.123 e.